The zero-order valence-electron chi connectivity index (χ0n) is 15.9. The van der Waals surface area contributed by atoms with Crippen LogP contribution in [0.15, 0.2) is 0 Å². The summed E-state index contributed by atoms with van der Waals surface area (Å²) in [6.07, 6.45) is 8.65. The van der Waals surface area contributed by atoms with E-state index in [1.165, 1.54) is 12.8 Å². The number of amides is 2. The van der Waals surface area contributed by atoms with Gasteiger partial charge in [-0.1, -0.05) is 27.7 Å². The van der Waals surface area contributed by atoms with Gasteiger partial charge < -0.3 is 10.6 Å². The quantitative estimate of drug-likeness (QED) is 0.805. The average Bonchev–Trinajstić information content (AvgIpc) is 2.54. The van der Waals surface area contributed by atoms with Crippen LogP contribution in [0.2, 0.25) is 0 Å². The maximum absolute atomic E-state index is 12.7. The topological polar surface area (TPSA) is 58.2 Å². The summed E-state index contributed by atoms with van der Waals surface area (Å²) in [4.78, 5) is 25.2. The molecule has 1 atom stereocenters. The normalized spacial score (nSPS) is 32.2. The van der Waals surface area contributed by atoms with E-state index in [-0.39, 0.29) is 29.7 Å². The van der Waals surface area contributed by atoms with Crippen molar-refractivity contribution in [2.24, 2.45) is 23.7 Å². The number of carbonyl (C=O) groups is 2. The van der Waals surface area contributed by atoms with Gasteiger partial charge in [-0.3, -0.25) is 9.59 Å². The third kappa shape index (κ3) is 5.49. The van der Waals surface area contributed by atoms with E-state index in [1.54, 1.807) is 0 Å². The van der Waals surface area contributed by atoms with Crippen LogP contribution in [0, 0.1) is 23.7 Å². The van der Waals surface area contributed by atoms with Crippen LogP contribution in [0.25, 0.3) is 0 Å². The lowest BCUT2D eigenvalue weighted by Gasteiger charge is -2.31. The Morgan fingerprint density at radius 3 is 1.83 bits per heavy atom. The Labute approximate surface area is 147 Å². The summed E-state index contributed by atoms with van der Waals surface area (Å²) in [6, 6.07) is -0.126. The number of carbonyl (C=O) groups excluding carboxylic acids is 2. The van der Waals surface area contributed by atoms with Crippen molar-refractivity contribution >= 4 is 11.8 Å². The lowest BCUT2D eigenvalue weighted by Crippen LogP contribution is -2.53. The van der Waals surface area contributed by atoms with Crippen molar-refractivity contribution in [3.8, 4) is 0 Å². The first-order valence-corrected chi connectivity index (χ1v) is 9.97. The van der Waals surface area contributed by atoms with E-state index in [0.717, 1.165) is 50.4 Å². The van der Waals surface area contributed by atoms with Crippen molar-refractivity contribution in [3.63, 3.8) is 0 Å². The minimum Gasteiger partial charge on any atom is -0.352 e. The fourth-order valence-corrected chi connectivity index (χ4v) is 4.02. The summed E-state index contributed by atoms with van der Waals surface area (Å²) >= 11 is 0. The molecule has 2 saturated carbocycles. The van der Waals surface area contributed by atoms with Gasteiger partial charge in [0.2, 0.25) is 11.8 Å². The Morgan fingerprint density at radius 2 is 1.33 bits per heavy atom. The third-order valence-corrected chi connectivity index (χ3v) is 6.00. The van der Waals surface area contributed by atoms with Crippen molar-refractivity contribution in [1.82, 2.24) is 10.6 Å². The molecule has 4 heteroatoms. The lowest BCUT2D eigenvalue weighted by atomic mass is 9.82. The van der Waals surface area contributed by atoms with Crippen molar-refractivity contribution in [2.45, 2.75) is 91.1 Å². The molecule has 0 aliphatic heterocycles. The minimum atomic E-state index is -0.406. The molecule has 0 radical (unpaired) electrons. The maximum atomic E-state index is 12.7. The summed E-state index contributed by atoms with van der Waals surface area (Å²) in [7, 11) is 0. The molecule has 2 aliphatic rings. The van der Waals surface area contributed by atoms with E-state index < -0.39 is 6.04 Å². The predicted molar refractivity (Wildman–Crippen MR) is 97.5 cm³/mol. The fourth-order valence-electron chi connectivity index (χ4n) is 4.02. The Balaban J connectivity index is 1.86. The van der Waals surface area contributed by atoms with Gasteiger partial charge in [-0.05, 0) is 69.1 Å². The molecule has 138 valence electrons. The van der Waals surface area contributed by atoms with Gasteiger partial charge in [0, 0.05) is 12.0 Å². The Bertz CT molecular complexity index is 419. The fraction of sp³-hybridized carbons (Fsp3) is 0.900. The highest BCUT2D eigenvalue weighted by atomic mass is 16.2. The van der Waals surface area contributed by atoms with Gasteiger partial charge in [0.1, 0.15) is 6.04 Å². The predicted octanol–water partition coefficient (Wildman–Crippen LogP) is 3.65. The van der Waals surface area contributed by atoms with Gasteiger partial charge in [0.15, 0.2) is 0 Å². The molecule has 2 fully saturated rings. The highest BCUT2D eigenvalue weighted by molar-refractivity contribution is 5.88. The molecule has 0 heterocycles. The molecular formula is C20H36N2O2. The molecule has 2 N–H and O–H groups in total. The van der Waals surface area contributed by atoms with Gasteiger partial charge in [-0.2, -0.15) is 0 Å². The van der Waals surface area contributed by atoms with E-state index in [2.05, 4.69) is 24.5 Å². The molecule has 0 bridgehead atoms. The van der Waals surface area contributed by atoms with Crippen LogP contribution in [0.3, 0.4) is 0 Å². The average molecular weight is 337 g/mol. The van der Waals surface area contributed by atoms with Gasteiger partial charge in [-0.25, -0.2) is 0 Å². The molecule has 0 aromatic rings. The van der Waals surface area contributed by atoms with Crippen molar-refractivity contribution < 1.29 is 9.59 Å². The van der Waals surface area contributed by atoms with Gasteiger partial charge in [-0.15, -0.1) is 0 Å². The number of rotatable bonds is 5. The van der Waals surface area contributed by atoms with E-state index in [1.807, 2.05) is 13.8 Å². The first-order valence-electron chi connectivity index (χ1n) is 9.97. The summed E-state index contributed by atoms with van der Waals surface area (Å²) < 4.78 is 0. The maximum Gasteiger partial charge on any atom is 0.243 e. The molecule has 0 spiro atoms. The molecule has 2 rings (SSSR count). The van der Waals surface area contributed by atoms with E-state index >= 15 is 0 Å². The summed E-state index contributed by atoms with van der Waals surface area (Å²) in [5.74, 6) is 1.78. The van der Waals surface area contributed by atoms with Crippen molar-refractivity contribution in [3.05, 3.63) is 0 Å². The van der Waals surface area contributed by atoms with Crippen LogP contribution in [-0.2, 0) is 9.59 Å². The van der Waals surface area contributed by atoms with Gasteiger partial charge in [0.25, 0.3) is 0 Å². The van der Waals surface area contributed by atoms with Crippen LogP contribution < -0.4 is 10.6 Å². The molecule has 0 saturated heterocycles. The minimum absolute atomic E-state index is 0.00193. The number of nitrogens with one attached hydrogen (secondary N) is 2. The zero-order chi connectivity index (χ0) is 17.7. The molecular weight excluding hydrogens is 300 g/mol. The third-order valence-electron chi connectivity index (χ3n) is 6.00. The lowest BCUT2D eigenvalue weighted by molar-refractivity contribution is -0.133. The molecule has 4 nitrogen and oxygen atoms in total. The second-order valence-electron chi connectivity index (χ2n) is 8.65. The SMILES string of the molecule is CC1CCC(NC(=O)[C@@H](NC(=O)C2CCC(C)CC2)C(C)C)CC1. The Morgan fingerprint density at radius 1 is 0.833 bits per heavy atom. The molecule has 0 aromatic carbocycles. The monoisotopic (exact) mass is 336 g/mol. The van der Waals surface area contributed by atoms with Crippen LogP contribution in [0.4, 0.5) is 0 Å². The summed E-state index contributed by atoms with van der Waals surface area (Å²) in [6.45, 7) is 8.55. The molecule has 0 unspecified atom stereocenters. The standard InChI is InChI=1S/C20H36N2O2/c1-13(2)18(20(24)21-17-11-7-15(4)8-12-17)22-19(23)16-9-5-14(3)6-10-16/h13-18H,5-12H2,1-4H3,(H,21,24)(H,22,23)/t14?,15?,16?,17?,18-/m0/s1. The molecule has 24 heavy (non-hydrogen) atoms. The largest absolute Gasteiger partial charge is 0.352 e. The Hall–Kier alpha value is -1.06. The van der Waals surface area contributed by atoms with Gasteiger partial charge in [0.05, 0.1) is 0 Å². The van der Waals surface area contributed by atoms with Crippen molar-refractivity contribution in [2.75, 3.05) is 0 Å². The second-order valence-corrected chi connectivity index (χ2v) is 8.65. The molecule has 0 aromatic heterocycles. The summed E-state index contributed by atoms with van der Waals surface area (Å²) in [5, 5.41) is 6.23. The van der Waals surface area contributed by atoms with Crippen LogP contribution in [0.1, 0.15) is 79.1 Å². The highest BCUT2D eigenvalue weighted by Crippen LogP contribution is 2.28. The first-order chi connectivity index (χ1) is 11.4. The van der Waals surface area contributed by atoms with Gasteiger partial charge >= 0.3 is 0 Å². The van der Waals surface area contributed by atoms with E-state index in [9.17, 15) is 9.59 Å². The number of hydrogen-bond donors (Lipinski definition) is 2. The van der Waals surface area contributed by atoms with Crippen LogP contribution in [-0.4, -0.2) is 23.9 Å². The van der Waals surface area contributed by atoms with E-state index in [4.69, 9.17) is 0 Å². The van der Waals surface area contributed by atoms with Crippen LogP contribution >= 0.6 is 0 Å². The highest BCUT2D eigenvalue weighted by Gasteiger charge is 2.31. The molecule has 2 amide bonds. The van der Waals surface area contributed by atoms with Crippen molar-refractivity contribution in [1.29, 1.82) is 0 Å². The second kappa shape index (κ2) is 8.87. The zero-order valence-corrected chi connectivity index (χ0v) is 15.9. The Kier molecular flexibility index (Phi) is 7.12. The smallest absolute Gasteiger partial charge is 0.243 e. The molecule has 2 aliphatic carbocycles. The number of hydrogen-bond acceptors (Lipinski definition) is 2. The first kappa shape index (κ1) is 19.3. The van der Waals surface area contributed by atoms with Crippen LogP contribution in [0.5, 0.6) is 0 Å². The summed E-state index contributed by atoms with van der Waals surface area (Å²) in [5.41, 5.74) is 0. The van der Waals surface area contributed by atoms with E-state index in [0.29, 0.717) is 0 Å².